The summed E-state index contributed by atoms with van der Waals surface area (Å²) in [5.41, 5.74) is 2.31. The minimum atomic E-state index is 0.967. The van der Waals surface area contributed by atoms with Gasteiger partial charge in [0.25, 0.3) is 0 Å². The molecule has 0 aliphatic rings. The first kappa shape index (κ1) is 8.04. The van der Waals surface area contributed by atoms with Crippen molar-refractivity contribution in [3.05, 3.63) is 17.0 Å². The maximum atomic E-state index is 4.99. The zero-order chi connectivity index (χ0) is 7.56. The van der Waals surface area contributed by atoms with E-state index in [2.05, 4.69) is 27.7 Å². The molecule has 0 saturated carbocycles. The van der Waals surface area contributed by atoms with Gasteiger partial charge >= 0.3 is 0 Å². The molecule has 0 unspecified atom stereocenters. The lowest BCUT2D eigenvalue weighted by atomic mass is 10.1. The van der Waals surface area contributed by atoms with Gasteiger partial charge in [-0.05, 0) is 20.3 Å². The number of aryl methyl sites for hydroxylation is 2. The Hall–Kier alpha value is -0.0600. The molecule has 0 atom stereocenters. The zero-order valence-corrected chi connectivity index (χ0v) is 8.31. The molecule has 0 amide bonds. The normalized spacial score (nSPS) is 10.3. The highest BCUT2D eigenvalue weighted by Crippen LogP contribution is 2.13. The van der Waals surface area contributed by atoms with Crippen molar-refractivity contribution in [3.8, 4) is 0 Å². The average molecular weight is 251 g/mol. The molecule has 0 aromatic carbocycles. The average Bonchev–Trinajstić information content (AvgIpc) is 2.20. The molecule has 10 heavy (non-hydrogen) atoms. The Labute approximate surface area is 74.1 Å². The van der Waals surface area contributed by atoms with Crippen molar-refractivity contribution in [2.75, 3.05) is 4.43 Å². The lowest BCUT2D eigenvalue weighted by molar-refractivity contribution is 0.392. The second-order valence-electron chi connectivity index (χ2n) is 2.24. The van der Waals surface area contributed by atoms with Gasteiger partial charge in [0.2, 0.25) is 0 Å². The van der Waals surface area contributed by atoms with Gasteiger partial charge < -0.3 is 4.52 Å². The van der Waals surface area contributed by atoms with E-state index in [-0.39, 0.29) is 0 Å². The summed E-state index contributed by atoms with van der Waals surface area (Å²) in [6.07, 6.45) is 1.07. The molecule has 56 valence electrons. The number of halogens is 1. The van der Waals surface area contributed by atoms with Crippen LogP contribution in [0.15, 0.2) is 4.52 Å². The molecule has 0 spiro atoms. The van der Waals surface area contributed by atoms with Crippen LogP contribution >= 0.6 is 22.6 Å². The number of hydrogen-bond donors (Lipinski definition) is 0. The molecule has 0 N–H and O–H groups in total. The first-order valence-electron chi connectivity index (χ1n) is 3.23. The van der Waals surface area contributed by atoms with Crippen LogP contribution < -0.4 is 0 Å². The van der Waals surface area contributed by atoms with Gasteiger partial charge in [0.05, 0.1) is 5.69 Å². The van der Waals surface area contributed by atoms with Crippen LogP contribution in [0.25, 0.3) is 0 Å². The fourth-order valence-electron chi connectivity index (χ4n) is 0.953. The fourth-order valence-corrected chi connectivity index (χ4v) is 1.49. The van der Waals surface area contributed by atoms with Gasteiger partial charge in [-0.2, -0.15) is 0 Å². The van der Waals surface area contributed by atoms with E-state index in [1.54, 1.807) is 0 Å². The number of hydrogen-bond acceptors (Lipinski definition) is 2. The van der Waals surface area contributed by atoms with Crippen LogP contribution in [0.5, 0.6) is 0 Å². The Morgan fingerprint density at radius 1 is 1.50 bits per heavy atom. The molecule has 3 heteroatoms. The molecule has 0 fully saturated rings. The Morgan fingerprint density at radius 2 is 2.20 bits per heavy atom. The molecule has 0 aliphatic carbocycles. The van der Waals surface area contributed by atoms with Crippen molar-refractivity contribution < 1.29 is 4.52 Å². The topological polar surface area (TPSA) is 26.0 Å². The van der Waals surface area contributed by atoms with Crippen LogP contribution in [-0.2, 0) is 6.42 Å². The van der Waals surface area contributed by atoms with E-state index in [0.717, 1.165) is 22.3 Å². The first-order valence-corrected chi connectivity index (χ1v) is 4.76. The Balaban J connectivity index is 2.87. The number of aromatic nitrogens is 1. The minimum Gasteiger partial charge on any atom is -0.361 e. The van der Waals surface area contributed by atoms with Crippen molar-refractivity contribution in [3.63, 3.8) is 0 Å². The monoisotopic (exact) mass is 251 g/mol. The summed E-state index contributed by atoms with van der Waals surface area (Å²) in [6.45, 7) is 3.94. The molecule has 1 aromatic rings. The third-order valence-electron chi connectivity index (χ3n) is 1.53. The second kappa shape index (κ2) is 3.37. The Morgan fingerprint density at radius 3 is 2.60 bits per heavy atom. The van der Waals surface area contributed by atoms with Gasteiger partial charge in [-0.25, -0.2) is 0 Å². The molecule has 1 aromatic heterocycles. The van der Waals surface area contributed by atoms with Crippen molar-refractivity contribution in [2.45, 2.75) is 20.3 Å². The van der Waals surface area contributed by atoms with Crippen molar-refractivity contribution in [1.82, 2.24) is 5.16 Å². The number of rotatable bonds is 2. The molecular formula is C7H10INO. The molecular weight excluding hydrogens is 241 g/mol. The summed E-state index contributed by atoms with van der Waals surface area (Å²) < 4.78 is 6.12. The lowest BCUT2D eigenvalue weighted by Gasteiger charge is -1.91. The van der Waals surface area contributed by atoms with Gasteiger partial charge in [0.15, 0.2) is 0 Å². The second-order valence-corrected chi connectivity index (χ2v) is 3.32. The summed E-state index contributed by atoms with van der Waals surface area (Å²) in [5, 5.41) is 3.86. The van der Waals surface area contributed by atoms with Crippen molar-refractivity contribution in [2.24, 2.45) is 0 Å². The third-order valence-corrected chi connectivity index (χ3v) is 2.07. The summed E-state index contributed by atoms with van der Waals surface area (Å²) >= 11 is 2.35. The van der Waals surface area contributed by atoms with Crippen LogP contribution in [0.2, 0.25) is 0 Å². The number of alkyl halides is 1. The van der Waals surface area contributed by atoms with Gasteiger partial charge in [-0.3, -0.25) is 0 Å². The van der Waals surface area contributed by atoms with E-state index in [1.165, 1.54) is 5.56 Å². The maximum absolute atomic E-state index is 4.99. The van der Waals surface area contributed by atoms with Gasteiger partial charge in [-0.15, -0.1) is 0 Å². The van der Waals surface area contributed by atoms with Gasteiger partial charge in [0.1, 0.15) is 5.76 Å². The maximum Gasteiger partial charge on any atom is 0.137 e. The minimum absolute atomic E-state index is 0.967. The van der Waals surface area contributed by atoms with Crippen LogP contribution in [0.1, 0.15) is 17.0 Å². The summed E-state index contributed by atoms with van der Waals surface area (Å²) in [6, 6.07) is 0. The van der Waals surface area contributed by atoms with E-state index in [1.807, 2.05) is 13.8 Å². The van der Waals surface area contributed by atoms with Gasteiger partial charge in [-0.1, -0.05) is 27.7 Å². The summed E-state index contributed by atoms with van der Waals surface area (Å²) in [7, 11) is 0. The van der Waals surface area contributed by atoms with E-state index >= 15 is 0 Å². The molecule has 0 radical (unpaired) electrons. The van der Waals surface area contributed by atoms with Crippen LogP contribution in [0.4, 0.5) is 0 Å². The SMILES string of the molecule is Cc1noc(C)c1CCI. The van der Waals surface area contributed by atoms with E-state index in [4.69, 9.17) is 4.52 Å². The fraction of sp³-hybridized carbons (Fsp3) is 0.571. The van der Waals surface area contributed by atoms with E-state index in [9.17, 15) is 0 Å². The zero-order valence-electron chi connectivity index (χ0n) is 6.15. The van der Waals surface area contributed by atoms with Crippen molar-refractivity contribution in [1.29, 1.82) is 0 Å². The van der Waals surface area contributed by atoms with Crippen LogP contribution in [-0.4, -0.2) is 9.58 Å². The first-order chi connectivity index (χ1) is 4.75. The summed E-state index contributed by atoms with van der Waals surface area (Å²) in [5.74, 6) is 0.967. The largest absolute Gasteiger partial charge is 0.361 e. The smallest absolute Gasteiger partial charge is 0.137 e. The third kappa shape index (κ3) is 1.51. The molecule has 0 saturated heterocycles. The standard InChI is InChI=1S/C7H10INO/c1-5-7(3-4-8)6(2)10-9-5/h3-4H2,1-2H3. The molecule has 0 bridgehead atoms. The predicted octanol–water partition coefficient (Wildman–Crippen LogP) is 2.27. The van der Waals surface area contributed by atoms with Crippen LogP contribution in [0, 0.1) is 13.8 Å². The number of nitrogens with zero attached hydrogens (tertiary/aromatic N) is 1. The lowest BCUT2D eigenvalue weighted by Crippen LogP contribution is -1.88. The van der Waals surface area contributed by atoms with Gasteiger partial charge in [0, 0.05) is 9.99 Å². The molecule has 1 rings (SSSR count). The molecule has 1 heterocycles. The molecule has 0 aliphatic heterocycles. The Bertz CT molecular complexity index is 200. The van der Waals surface area contributed by atoms with E-state index < -0.39 is 0 Å². The highest BCUT2D eigenvalue weighted by atomic mass is 127. The van der Waals surface area contributed by atoms with Crippen molar-refractivity contribution >= 4 is 22.6 Å². The predicted molar refractivity (Wildman–Crippen MR) is 48.6 cm³/mol. The highest BCUT2D eigenvalue weighted by Gasteiger charge is 2.06. The van der Waals surface area contributed by atoms with E-state index in [0.29, 0.717) is 0 Å². The summed E-state index contributed by atoms with van der Waals surface area (Å²) in [4.78, 5) is 0. The quantitative estimate of drug-likeness (QED) is 0.595. The van der Waals surface area contributed by atoms with Crippen LogP contribution in [0.3, 0.4) is 0 Å². The highest BCUT2D eigenvalue weighted by molar-refractivity contribution is 14.1. The Kier molecular flexibility index (Phi) is 2.71. The molecule has 2 nitrogen and oxygen atoms in total.